The van der Waals surface area contributed by atoms with Crippen molar-refractivity contribution >= 4 is 42.1 Å². The highest BCUT2D eigenvalue weighted by molar-refractivity contribution is 7.86. The quantitative estimate of drug-likeness (QED) is 0.0688. The average Bonchev–Trinajstić information content (AvgIpc) is 3.41. The first-order chi connectivity index (χ1) is 29.6. The van der Waals surface area contributed by atoms with Crippen LogP contribution in [0.3, 0.4) is 0 Å². The van der Waals surface area contributed by atoms with Gasteiger partial charge in [-0.05, 0) is 85.2 Å². The summed E-state index contributed by atoms with van der Waals surface area (Å²) in [4.78, 5) is 1.44. The molecule has 0 spiro atoms. The molecule has 3 aliphatic rings. The molecule has 63 heavy (non-hydrogen) atoms. The number of aliphatic hydroxyl groups is 1. The number of ether oxygens (including phenoxy) is 4. The molecule has 0 saturated carbocycles. The van der Waals surface area contributed by atoms with Crippen LogP contribution in [0.5, 0.6) is 0 Å². The summed E-state index contributed by atoms with van der Waals surface area (Å²) in [6, 6.07) is 11.6. The molecule has 0 saturated heterocycles. The van der Waals surface area contributed by atoms with Crippen LogP contribution >= 0.6 is 0 Å². The normalized spacial score (nSPS) is 17.3. The molecule has 2 heterocycles. The van der Waals surface area contributed by atoms with Crippen molar-refractivity contribution < 1.29 is 67.4 Å². The van der Waals surface area contributed by atoms with Crippen molar-refractivity contribution in [2.75, 3.05) is 96.0 Å². The summed E-state index contributed by atoms with van der Waals surface area (Å²) in [7, 11) is -12.2. The van der Waals surface area contributed by atoms with Gasteiger partial charge in [0.05, 0.1) is 70.8 Å². The van der Waals surface area contributed by atoms with Crippen LogP contribution in [0.2, 0.25) is 0 Å². The Hall–Kier alpha value is -3.54. The van der Waals surface area contributed by atoms with Gasteiger partial charge in [0.2, 0.25) is 5.36 Å². The van der Waals surface area contributed by atoms with E-state index in [-0.39, 0.29) is 44.4 Å². The van der Waals surface area contributed by atoms with Gasteiger partial charge < -0.3 is 47.0 Å². The van der Waals surface area contributed by atoms with Crippen LogP contribution in [0.1, 0.15) is 70.3 Å². The highest BCUT2D eigenvalue weighted by Gasteiger charge is 2.43. The van der Waals surface area contributed by atoms with E-state index in [9.17, 15) is 44.0 Å². The van der Waals surface area contributed by atoms with E-state index in [1.165, 1.54) is 18.2 Å². The third kappa shape index (κ3) is 15.8. The number of fused-ring (bicyclic) bond motifs is 2. The Morgan fingerprint density at radius 3 is 2.05 bits per heavy atom. The van der Waals surface area contributed by atoms with E-state index in [2.05, 4.69) is 20.8 Å². The standard InChI is InChI=1S/C43H62N2O15S3/c1-42(2,3)37-31-34(10-6-11-41-43(4,16-7-28-61(47,48)49)38-32-35(63(53,54)55)13-15-39(38)45(41)18-8-20-46)60-40-30-33(12-14-36(37)40)44(17-9-29-62(50,51)52)19-21-57-24-25-59-27-26-58-23-22-56-5/h6,10-15,30-32,46H,7-9,16-29H2,1-5H3,(H2-,47,48,49,50,51,52,53,54,55)/p-2. The fourth-order valence-corrected chi connectivity index (χ4v) is 8.99. The predicted molar refractivity (Wildman–Crippen MR) is 234 cm³/mol. The number of anilines is 1. The van der Waals surface area contributed by atoms with Crippen LogP contribution in [-0.4, -0.2) is 135 Å². The second-order valence-corrected chi connectivity index (χ2v) is 20.8. The van der Waals surface area contributed by atoms with Crippen molar-refractivity contribution in [3.05, 3.63) is 82.6 Å². The van der Waals surface area contributed by atoms with Gasteiger partial charge in [-0.25, -0.2) is 29.8 Å². The lowest BCUT2D eigenvalue weighted by atomic mass is 9.77. The van der Waals surface area contributed by atoms with Crippen molar-refractivity contribution in [1.82, 2.24) is 4.58 Å². The summed E-state index contributed by atoms with van der Waals surface area (Å²) in [5.41, 5.74) is 2.09. The Morgan fingerprint density at radius 1 is 0.810 bits per heavy atom. The average molecular weight is 941 g/mol. The van der Waals surface area contributed by atoms with Gasteiger partial charge in [-0.3, -0.25) is 0 Å². The number of nitrogens with zero attached hydrogens (tertiary/aromatic N) is 2. The zero-order chi connectivity index (χ0) is 46.5. The van der Waals surface area contributed by atoms with Crippen LogP contribution in [0.4, 0.5) is 5.69 Å². The number of hydrogen-bond donors (Lipinski definition) is 1. The monoisotopic (exact) mass is 940 g/mol. The summed E-state index contributed by atoms with van der Waals surface area (Å²) in [6.07, 6.45) is 5.78. The van der Waals surface area contributed by atoms with Gasteiger partial charge in [0.25, 0.3) is 0 Å². The van der Waals surface area contributed by atoms with E-state index in [0.29, 0.717) is 93.0 Å². The van der Waals surface area contributed by atoms with Crippen LogP contribution in [-0.2, 0) is 60.1 Å². The van der Waals surface area contributed by atoms with Crippen molar-refractivity contribution in [1.29, 1.82) is 0 Å². The molecule has 352 valence electrons. The van der Waals surface area contributed by atoms with Crippen LogP contribution in [0.15, 0.2) is 69.6 Å². The van der Waals surface area contributed by atoms with E-state index < -0.39 is 52.2 Å². The lowest BCUT2D eigenvalue weighted by Gasteiger charge is -2.30. The Balaban J connectivity index is 1.73. The fourth-order valence-electron chi connectivity index (χ4n) is 7.51. The van der Waals surface area contributed by atoms with Gasteiger partial charge in [-0.1, -0.05) is 26.8 Å². The van der Waals surface area contributed by atoms with Crippen molar-refractivity contribution in [2.24, 2.45) is 0 Å². The van der Waals surface area contributed by atoms with Crippen LogP contribution in [0, 0.1) is 0 Å². The molecule has 1 aliphatic carbocycles. The van der Waals surface area contributed by atoms with Gasteiger partial charge in [0, 0.05) is 66.6 Å². The lowest BCUT2D eigenvalue weighted by Crippen LogP contribution is -2.35. The summed E-state index contributed by atoms with van der Waals surface area (Å²) in [5.74, 6) is -0.175. The van der Waals surface area contributed by atoms with Crippen molar-refractivity contribution in [2.45, 2.75) is 69.1 Å². The van der Waals surface area contributed by atoms with Gasteiger partial charge in [0.1, 0.15) is 34.8 Å². The first kappa shape index (κ1) is 52.1. The zero-order valence-corrected chi connectivity index (χ0v) is 39.0. The third-order valence-corrected chi connectivity index (χ3v) is 13.0. The Labute approximate surface area is 371 Å². The van der Waals surface area contributed by atoms with Crippen LogP contribution in [0.25, 0.3) is 17.4 Å². The number of hydrogen-bond acceptors (Lipinski definition) is 16. The largest absolute Gasteiger partial charge is 0.748 e. The summed E-state index contributed by atoms with van der Waals surface area (Å²) in [6.45, 7) is 11.5. The third-order valence-electron chi connectivity index (χ3n) is 10.6. The van der Waals surface area contributed by atoms with E-state index in [1.807, 2.05) is 33.7 Å². The maximum absolute atomic E-state index is 12.1. The molecular weight excluding hydrogens is 881 g/mol. The van der Waals surface area contributed by atoms with E-state index >= 15 is 0 Å². The summed E-state index contributed by atoms with van der Waals surface area (Å²) < 4.78 is 136. The highest BCUT2D eigenvalue weighted by atomic mass is 32.2. The molecule has 17 nitrogen and oxygen atoms in total. The molecule has 1 aromatic rings. The maximum atomic E-state index is 12.1. The number of allylic oxidation sites excluding steroid dienone is 3. The number of rotatable bonds is 26. The first-order valence-electron chi connectivity index (χ1n) is 20.7. The van der Waals surface area contributed by atoms with Gasteiger partial charge in [-0.15, -0.1) is 0 Å². The molecule has 1 unspecified atom stereocenters. The summed E-state index contributed by atoms with van der Waals surface area (Å²) >= 11 is 0. The lowest BCUT2D eigenvalue weighted by molar-refractivity contribution is 0.00371. The number of aliphatic hydroxyl groups excluding tert-OH is 1. The Bertz CT molecular complexity index is 2420. The van der Waals surface area contributed by atoms with E-state index in [4.69, 9.17) is 23.4 Å². The summed E-state index contributed by atoms with van der Waals surface area (Å²) in [5, 5.41) is 10.5. The second-order valence-electron chi connectivity index (χ2n) is 16.4. The maximum Gasteiger partial charge on any atom is 0.203 e. The van der Waals surface area contributed by atoms with Gasteiger partial charge in [0.15, 0.2) is 6.54 Å². The second kappa shape index (κ2) is 23.1. The molecule has 0 aromatic heterocycles. The van der Waals surface area contributed by atoms with Crippen molar-refractivity contribution in [3.8, 4) is 11.3 Å². The minimum Gasteiger partial charge on any atom is -0.748 e. The highest BCUT2D eigenvalue weighted by Crippen LogP contribution is 2.51. The minimum absolute atomic E-state index is 0.0432. The number of methoxy groups -OCH3 is 1. The molecule has 1 N–H and O–H groups in total. The minimum atomic E-state index is -4.85. The predicted octanol–water partition coefficient (Wildman–Crippen LogP) is 3.37. The first-order valence-corrected chi connectivity index (χ1v) is 25.3. The zero-order valence-electron chi connectivity index (χ0n) is 36.6. The van der Waals surface area contributed by atoms with Gasteiger partial charge >= 0.3 is 0 Å². The molecular formula is C43H60N2O15S3-2. The van der Waals surface area contributed by atoms with Crippen molar-refractivity contribution in [3.63, 3.8) is 0 Å². The number of benzene rings is 2. The molecule has 1 atom stereocenters. The van der Waals surface area contributed by atoms with E-state index in [1.54, 1.807) is 32.3 Å². The molecule has 0 radical (unpaired) electrons. The van der Waals surface area contributed by atoms with E-state index in [0.717, 1.165) is 11.1 Å². The SMILES string of the molecule is COCCOCCOCCOCC[N+](CCCS(=O)(=O)[O-])=c1ccc2c(C(C)(C)C)cc(/C=C/C=C3/N(CCCO)c4ccc(S(=O)(=O)[O-])cc4C3(C)CCCS(=O)(=O)[O-])oc-2c1. The topological polar surface area (TPSA) is 248 Å². The molecule has 0 fully saturated rings. The molecule has 4 rings (SSSR count). The molecule has 0 amide bonds. The molecule has 1 aromatic carbocycles. The fraction of sp³-hybridized carbons (Fsp3) is 0.558. The Morgan fingerprint density at radius 2 is 1.44 bits per heavy atom. The smallest absolute Gasteiger partial charge is 0.203 e. The molecule has 0 bridgehead atoms. The molecule has 20 heteroatoms. The van der Waals surface area contributed by atoms with Gasteiger partial charge in [-0.2, -0.15) is 0 Å². The van der Waals surface area contributed by atoms with Crippen LogP contribution < -0.4 is 14.8 Å². The molecule has 2 aliphatic heterocycles. The Kier molecular flexibility index (Phi) is 19.1.